The number of rotatable bonds is 13. The van der Waals surface area contributed by atoms with Gasteiger partial charge in [-0.25, -0.2) is 4.39 Å². The quantitative estimate of drug-likeness (QED) is 0.128. The molecule has 0 spiro atoms. The summed E-state index contributed by atoms with van der Waals surface area (Å²) in [4.78, 5) is 55.4. The molecule has 0 aromatic rings. The summed E-state index contributed by atoms with van der Waals surface area (Å²) in [5.41, 5.74) is -2.97. The van der Waals surface area contributed by atoms with Gasteiger partial charge in [0.05, 0.1) is 30.6 Å². The maximum Gasteiger partial charge on any atom is 0.308 e. The van der Waals surface area contributed by atoms with Gasteiger partial charge in [0, 0.05) is 29.7 Å². The lowest BCUT2D eigenvalue weighted by Gasteiger charge is -2.60. The second-order valence-electron chi connectivity index (χ2n) is 14.5. The SMILES string of the molecule is CC1(C)OC2C[C@H]3[C@@H]4C[C@H](F)C5=CC(=O)C=C[C@]5(C)[C@H]4[C@@H](O)C[C@]3(C)[C@]2(C(=O)COC(=O)CCNC(=O)CCCCCON(O)O)O1. The van der Waals surface area contributed by atoms with Crippen LogP contribution in [-0.2, 0) is 38.2 Å². The zero-order chi connectivity index (χ0) is 34.4. The molecule has 4 fully saturated rings. The first-order valence-electron chi connectivity index (χ1n) is 16.5. The average Bonchev–Trinajstić information content (AvgIpc) is 3.39. The van der Waals surface area contributed by atoms with Crippen LogP contribution in [0.4, 0.5) is 4.39 Å². The Labute approximate surface area is 273 Å². The third-order valence-electron chi connectivity index (χ3n) is 11.2. The van der Waals surface area contributed by atoms with E-state index in [9.17, 15) is 24.3 Å². The van der Waals surface area contributed by atoms with Gasteiger partial charge >= 0.3 is 5.97 Å². The van der Waals surface area contributed by atoms with Crippen LogP contribution >= 0.6 is 0 Å². The number of fused-ring (bicyclic) bond motifs is 7. The van der Waals surface area contributed by atoms with E-state index in [2.05, 4.69) is 10.2 Å². The Morgan fingerprint density at radius 3 is 2.57 bits per heavy atom. The fraction of sp³-hybridized carbons (Fsp3) is 0.758. The van der Waals surface area contributed by atoms with Crippen LogP contribution in [-0.4, -0.2) is 93.9 Å². The minimum atomic E-state index is -1.54. The average molecular weight is 667 g/mol. The van der Waals surface area contributed by atoms with Gasteiger partial charge in [0.2, 0.25) is 11.7 Å². The number of aliphatic hydroxyl groups is 1. The number of carbonyl (C=O) groups excluding carboxylic acids is 4. The second-order valence-corrected chi connectivity index (χ2v) is 14.5. The number of esters is 1. The number of aliphatic hydroxyl groups excluding tert-OH is 1. The highest BCUT2D eigenvalue weighted by molar-refractivity contribution is 6.01. The number of hydrogen-bond acceptors (Lipinski definition) is 12. The van der Waals surface area contributed by atoms with Gasteiger partial charge in [0.1, 0.15) is 6.17 Å². The highest BCUT2D eigenvalue weighted by atomic mass is 19.1. The first kappa shape index (κ1) is 35.7. The number of Topliss-reactive ketones (excluding diaryl/α,β-unsaturated/α-hetero) is 1. The molecule has 0 aromatic carbocycles. The van der Waals surface area contributed by atoms with Crippen molar-refractivity contribution >= 4 is 23.4 Å². The molecule has 0 bridgehead atoms. The third kappa shape index (κ3) is 6.57. The molecule has 0 radical (unpaired) electrons. The molecule has 9 atom stereocenters. The Kier molecular flexibility index (Phi) is 10.2. The molecule has 1 amide bonds. The molecule has 1 aliphatic heterocycles. The van der Waals surface area contributed by atoms with E-state index in [1.165, 1.54) is 12.2 Å². The Bertz CT molecular complexity index is 1320. The van der Waals surface area contributed by atoms with Gasteiger partial charge in [-0.15, -0.1) is 0 Å². The highest BCUT2D eigenvalue weighted by Gasteiger charge is 2.77. The van der Waals surface area contributed by atoms with Crippen molar-refractivity contribution in [2.75, 3.05) is 19.8 Å². The summed E-state index contributed by atoms with van der Waals surface area (Å²) in [6.07, 6.45) is 3.94. The topological polar surface area (TPSA) is 181 Å². The van der Waals surface area contributed by atoms with Crippen LogP contribution in [0.3, 0.4) is 0 Å². The summed E-state index contributed by atoms with van der Waals surface area (Å²) in [6.45, 7) is 6.70. The van der Waals surface area contributed by atoms with E-state index in [1.54, 1.807) is 19.9 Å². The van der Waals surface area contributed by atoms with Gasteiger partial charge in [-0.1, -0.05) is 26.3 Å². The zero-order valence-corrected chi connectivity index (χ0v) is 27.4. The lowest BCUT2D eigenvalue weighted by Crippen LogP contribution is -2.64. The molecule has 3 saturated carbocycles. The van der Waals surface area contributed by atoms with Crippen molar-refractivity contribution in [1.29, 1.82) is 0 Å². The molecule has 1 saturated heterocycles. The smallest absolute Gasteiger partial charge is 0.308 e. The molecule has 14 heteroatoms. The Balaban J connectivity index is 1.22. The van der Waals surface area contributed by atoms with E-state index in [4.69, 9.17) is 24.6 Å². The number of halogens is 1. The molecule has 5 aliphatic rings. The van der Waals surface area contributed by atoms with Crippen molar-refractivity contribution in [1.82, 2.24) is 10.7 Å². The lowest BCUT2D eigenvalue weighted by molar-refractivity contribution is -0.492. The normalized spacial score (nSPS) is 38.2. The van der Waals surface area contributed by atoms with E-state index in [-0.39, 0.29) is 73.7 Å². The Morgan fingerprint density at radius 2 is 1.85 bits per heavy atom. The van der Waals surface area contributed by atoms with E-state index in [0.717, 1.165) is 0 Å². The summed E-state index contributed by atoms with van der Waals surface area (Å²) in [5.74, 6) is -3.77. The highest BCUT2D eigenvalue weighted by Crippen LogP contribution is 2.70. The molecule has 4 N–H and O–H groups in total. The molecular formula is C33H47FN2O11. The summed E-state index contributed by atoms with van der Waals surface area (Å²) in [5, 5.41) is 31.0. The number of nitrogens with zero attached hydrogens (tertiary/aromatic N) is 1. The largest absolute Gasteiger partial charge is 0.457 e. The van der Waals surface area contributed by atoms with Gasteiger partial charge in [-0.3, -0.25) is 34.4 Å². The zero-order valence-electron chi connectivity index (χ0n) is 27.4. The van der Waals surface area contributed by atoms with Crippen LogP contribution in [0.15, 0.2) is 23.8 Å². The molecule has 1 heterocycles. The number of nitrogens with one attached hydrogen (secondary N) is 1. The monoisotopic (exact) mass is 666 g/mol. The minimum absolute atomic E-state index is 0.0219. The van der Waals surface area contributed by atoms with Gasteiger partial charge in [0.15, 0.2) is 23.8 Å². The number of allylic oxidation sites excluding steroid dienone is 4. The molecule has 0 aromatic heterocycles. The van der Waals surface area contributed by atoms with Crippen molar-refractivity contribution in [3.8, 4) is 0 Å². The summed E-state index contributed by atoms with van der Waals surface area (Å²) in [6, 6.07) is 0. The van der Waals surface area contributed by atoms with E-state index < -0.39 is 59.0 Å². The molecule has 4 aliphatic carbocycles. The van der Waals surface area contributed by atoms with Crippen LogP contribution in [0.2, 0.25) is 0 Å². The van der Waals surface area contributed by atoms with Crippen LogP contribution in [0, 0.1) is 28.6 Å². The standard InChI is InChI=1S/C33H47FN2O11/c1-30(2)46-26-16-21-20-15-23(34)22-14-19(37)9-11-31(22,3)29(20)24(38)17-32(21,4)33(26,47-30)25(39)18-44-28(41)10-12-35-27(40)8-6-5-7-13-45-36(42)43/h9,11,14,20-21,23-24,26,29,38,42-43H,5-8,10,12-13,15-18H2,1-4H3,(H,35,40)/t20-,21-,23-,24-,26?,29+,31-,32-,33+/m0/s1. The fourth-order valence-electron chi connectivity index (χ4n) is 9.36. The van der Waals surface area contributed by atoms with Gasteiger partial charge in [-0.2, -0.15) is 0 Å². The van der Waals surface area contributed by atoms with Crippen molar-refractivity contribution < 1.29 is 58.1 Å². The van der Waals surface area contributed by atoms with E-state index >= 15 is 4.39 Å². The predicted molar refractivity (Wildman–Crippen MR) is 160 cm³/mol. The minimum Gasteiger partial charge on any atom is -0.457 e. The number of alkyl halides is 1. The van der Waals surface area contributed by atoms with Crippen LogP contribution in [0.5, 0.6) is 0 Å². The number of amides is 1. The number of hydrogen-bond donors (Lipinski definition) is 4. The first-order valence-corrected chi connectivity index (χ1v) is 16.5. The summed E-state index contributed by atoms with van der Waals surface area (Å²) >= 11 is 0. The maximum absolute atomic E-state index is 15.8. The van der Waals surface area contributed by atoms with Crippen molar-refractivity contribution in [2.24, 2.45) is 28.6 Å². The van der Waals surface area contributed by atoms with Crippen molar-refractivity contribution in [2.45, 2.75) is 109 Å². The fourth-order valence-corrected chi connectivity index (χ4v) is 9.36. The summed E-state index contributed by atoms with van der Waals surface area (Å²) in [7, 11) is 0. The van der Waals surface area contributed by atoms with Crippen LogP contribution in [0.1, 0.15) is 79.1 Å². The molecular weight excluding hydrogens is 619 g/mol. The number of ketones is 2. The Morgan fingerprint density at radius 1 is 1.11 bits per heavy atom. The Hall–Kier alpha value is -2.59. The third-order valence-corrected chi connectivity index (χ3v) is 11.2. The van der Waals surface area contributed by atoms with Crippen LogP contribution in [0.25, 0.3) is 0 Å². The first-order chi connectivity index (χ1) is 22.0. The molecule has 1 unspecified atom stereocenters. The van der Waals surface area contributed by atoms with Gasteiger partial charge in [-0.05, 0) is 75.5 Å². The van der Waals surface area contributed by atoms with Crippen LogP contribution < -0.4 is 5.32 Å². The lowest BCUT2D eigenvalue weighted by atomic mass is 9.46. The molecule has 13 nitrogen and oxygen atoms in total. The number of ether oxygens (including phenoxy) is 3. The van der Waals surface area contributed by atoms with Gasteiger partial charge < -0.3 is 24.6 Å². The van der Waals surface area contributed by atoms with Gasteiger partial charge in [0.25, 0.3) is 0 Å². The second kappa shape index (κ2) is 13.4. The maximum atomic E-state index is 15.8. The molecule has 5 rings (SSSR count). The van der Waals surface area contributed by atoms with Crippen molar-refractivity contribution in [3.05, 3.63) is 23.8 Å². The number of unbranched alkanes of at least 4 members (excludes halogenated alkanes) is 2. The van der Waals surface area contributed by atoms with E-state index in [1.807, 2.05) is 13.8 Å². The predicted octanol–water partition coefficient (Wildman–Crippen LogP) is 2.90. The van der Waals surface area contributed by atoms with E-state index in [0.29, 0.717) is 31.3 Å². The summed E-state index contributed by atoms with van der Waals surface area (Å²) < 4.78 is 34.0. The van der Waals surface area contributed by atoms with Crippen molar-refractivity contribution in [3.63, 3.8) is 0 Å². The molecule has 47 heavy (non-hydrogen) atoms. The molecule has 262 valence electrons. The number of carbonyl (C=O) groups is 4.